The molecule has 0 fully saturated rings. The summed E-state index contributed by atoms with van der Waals surface area (Å²) in [5.41, 5.74) is 3.56. The van der Waals surface area contributed by atoms with Gasteiger partial charge in [0.1, 0.15) is 0 Å². The maximum atomic E-state index is 10.9. The molecule has 0 atom stereocenters. The van der Waals surface area contributed by atoms with Gasteiger partial charge in [0.15, 0.2) is 0 Å². The second kappa shape index (κ2) is 7.88. The number of para-hydroxylation sites is 1. The van der Waals surface area contributed by atoms with E-state index in [4.69, 9.17) is 0 Å². The van der Waals surface area contributed by atoms with Crippen LogP contribution in [0.4, 0.5) is 11.4 Å². The molecular weight excluding hydrogens is 313 g/mol. The minimum absolute atomic E-state index is 0.300. The predicted octanol–water partition coefficient (Wildman–Crippen LogP) is 4.03. The predicted molar refractivity (Wildman–Crippen MR) is 85.7 cm³/mol. The molecule has 0 aliphatic carbocycles. The Balaban J connectivity index is 1.82. The summed E-state index contributed by atoms with van der Waals surface area (Å²) < 4.78 is 0. The zero-order valence-corrected chi connectivity index (χ0v) is 13.3. The van der Waals surface area contributed by atoms with E-state index in [0.29, 0.717) is 20.7 Å². The minimum atomic E-state index is 0.300. The summed E-state index contributed by atoms with van der Waals surface area (Å²) in [7, 11) is 0. The van der Waals surface area contributed by atoms with Gasteiger partial charge >= 0.3 is 126 Å². The topological polar surface area (TPSA) is 29.1 Å². The SMILES string of the molecule is CC(=O)CC[Se]Cc1ccc(Nc2ccccc2)cc1. The monoisotopic (exact) mass is 333 g/mol. The molecule has 0 aliphatic rings. The van der Waals surface area contributed by atoms with Crippen LogP contribution in [0.25, 0.3) is 0 Å². The van der Waals surface area contributed by atoms with Gasteiger partial charge in [-0.2, -0.15) is 0 Å². The number of hydrogen-bond acceptors (Lipinski definition) is 2. The number of hydrogen-bond donors (Lipinski definition) is 1. The molecule has 0 radical (unpaired) electrons. The Morgan fingerprint density at radius 1 is 1.00 bits per heavy atom. The molecule has 2 aromatic carbocycles. The first-order chi connectivity index (χ1) is 9.74. The average molecular weight is 332 g/mol. The Morgan fingerprint density at radius 3 is 2.30 bits per heavy atom. The standard InChI is InChI=1S/C17H19NOSe/c1-14(19)11-12-20-13-15-7-9-17(10-8-15)18-16-5-3-2-4-6-16/h2-10,18H,11-13H2,1H3. The number of ketones is 1. The Kier molecular flexibility index (Phi) is 5.85. The number of anilines is 2. The van der Waals surface area contributed by atoms with Crippen LogP contribution in [0, 0.1) is 0 Å². The van der Waals surface area contributed by atoms with Crippen molar-refractivity contribution >= 4 is 32.1 Å². The number of Topliss-reactive ketones (excluding diaryl/α,β-unsaturated/α-hetero) is 1. The van der Waals surface area contributed by atoms with Crippen LogP contribution in [0.15, 0.2) is 54.6 Å². The first-order valence-electron chi connectivity index (χ1n) is 6.72. The zero-order valence-electron chi connectivity index (χ0n) is 11.6. The summed E-state index contributed by atoms with van der Waals surface area (Å²) in [6.07, 6.45) is 0.730. The van der Waals surface area contributed by atoms with Gasteiger partial charge in [-0.1, -0.05) is 0 Å². The van der Waals surface area contributed by atoms with Gasteiger partial charge in [-0.15, -0.1) is 0 Å². The van der Waals surface area contributed by atoms with E-state index >= 15 is 0 Å². The van der Waals surface area contributed by atoms with E-state index in [2.05, 4.69) is 41.7 Å². The molecule has 0 aliphatic heterocycles. The average Bonchev–Trinajstić information content (AvgIpc) is 2.46. The number of rotatable bonds is 7. The van der Waals surface area contributed by atoms with Gasteiger partial charge in [0, 0.05) is 0 Å². The fraction of sp³-hybridized carbons (Fsp3) is 0.235. The summed E-state index contributed by atoms with van der Waals surface area (Å²) in [5, 5.41) is 5.52. The van der Waals surface area contributed by atoms with Crippen LogP contribution in [0.3, 0.4) is 0 Å². The normalized spacial score (nSPS) is 10.2. The fourth-order valence-electron chi connectivity index (χ4n) is 1.78. The third-order valence-electron chi connectivity index (χ3n) is 2.88. The number of benzene rings is 2. The Bertz CT molecular complexity index is 537. The molecule has 0 amide bonds. The first-order valence-corrected chi connectivity index (χ1v) is 9.14. The van der Waals surface area contributed by atoms with Crippen LogP contribution in [-0.2, 0) is 10.1 Å². The van der Waals surface area contributed by atoms with Crippen LogP contribution in [0.1, 0.15) is 18.9 Å². The third-order valence-corrected chi connectivity index (χ3v) is 5.05. The molecule has 0 bridgehead atoms. The molecule has 0 saturated heterocycles. The van der Waals surface area contributed by atoms with E-state index in [1.54, 1.807) is 6.92 Å². The van der Waals surface area contributed by atoms with Crippen molar-refractivity contribution < 1.29 is 4.79 Å². The van der Waals surface area contributed by atoms with Crippen molar-refractivity contribution in [3.05, 3.63) is 60.2 Å². The molecule has 1 N–H and O–H groups in total. The molecule has 0 saturated carbocycles. The molecule has 104 valence electrons. The summed E-state index contributed by atoms with van der Waals surface area (Å²) in [6.45, 7) is 1.67. The van der Waals surface area contributed by atoms with Gasteiger partial charge in [-0.25, -0.2) is 0 Å². The molecular formula is C17H19NOSe. The third kappa shape index (κ3) is 5.20. The van der Waals surface area contributed by atoms with Gasteiger partial charge in [-0.05, 0) is 0 Å². The van der Waals surface area contributed by atoms with Crippen LogP contribution in [0.2, 0.25) is 5.32 Å². The number of carbonyl (C=O) groups excluding carboxylic acids is 1. The molecule has 0 spiro atoms. The Hall–Kier alpha value is -1.57. The van der Waals surface area contributed by atoms with E-state index in [0.717, 1.165) is 28.4 Å². The van der Waals surface area contributed by atoms with Crippen molar-refractivity contribution in [1.82, 2.24) is 0 Å². The summed E-state index contributed by atoms with van der Waals surface area (Å²) in [5.74, 6) is 0.300. The van der Waals surface area contributed by atoms with Crippen LogP contribution >= 0.6 is 0 Å². The van der Waals surface area contributed by atoms with Crippen molar-refractivity contribution in [2.45, 2.75) is 24.0 Å². The Morgan fingerprint density at radius 2 is 1.65 bits per heavy atom. The quantitative estimate of drug-likeness (QED) is 0.613. The second-order valence-corrected chi connectivity index (χ2v) is 7.01. The maximum absolute atomic E-state index is 10.9. The van der Waals surface area contributed by atoms with E-state index in [-0.39, 0.29) is 0 Å². The van der Waals surface area contributed by atoms with Crippen LogP contribution in [0.5, 0.6) is 0 Å². The first kappa shape index (κ1) is 14.8. The van der Waals surface area contributed by atoms with Crippen LogP contribution < -0.4 is 5.32 Å². The summed E-state index contributed by atoms with van der Waals surface area (Å²) in [6, 6.07) is 18.7. The van der Waals surface area contributed by atoms with E-state index in [1.165, 1.54) is 5.56 Å². The van der Waals surface area contributed by atoms with Gasteiger partial charge in [0.05, 0.1) is 0 Å². The fourth-order valence-corrected chi connectivity index (χ4v) is 3.89. The van der Waals surface area contributed by atoms with Crippen molar-refractivity contribution in [2.24, 2.45) is 0 Å². The molecule has 0 aromatic heterocycles. The second-order valence-electron chi connectivity index (χ2n) is 4.69. The van der Waals surface area contributed by atoms with Gasteiger partial charge < -0.3 is 0 Å². The Labute approximate surface area is 126 Å². The summed E-state index contributed by atoms with van der Waals surface area (Å²) >= 11 is 0.528. The van der Waals surface area contributed by atoms with Gasteiger partial charge in [0.25, 0.3) is 0 Å². The molecule has 2 rings (SSSR count). The molecule has 3 heteroatoms. The van der Waals surface area contributed by atoms with Crippen molar-refractivity contribution in [3.63, 3.8) is 0 Å². The van der Waals surface area contributed by atoms with Gasteiger partial charge in [-0.3, -0.25) is 0 Å². The molecule has 0 heterocycles. The van der Waals surface area contributed by atoms with Crippen LogP contribution in [-0.4, -0.2) is 20.7 Å². The van der Waals surface area contributed by atoms with E-state index in [9.17, 15) is 4.79 Å². The molecule has 2 nitrogen and oxygen atoms in total. The molecule has 20 heavy (non-hydrogen) atoms. The molecule has 2 aromatic rings. The van der Waals surface area contributed by atoms with Gasteiger partial charge in [0.2, 0.25) is 0 Å². The summed E-state index contributed by atoms with van der Waals surface area (Å²) in [4.78, 5) is 10.9. The van der Waals surface area contributed by atoms with E-state index < -0.39 is 0 Å². The van der Waals surface area contributed by atoms with Crippen molar-refractivity contribution in [1.29, 1.82) is 0 Å². The zero-order chi connectivity index (χ0) is 14.2. The number of carbonyl (C=O) groups is 1. The molecule has 0 unspecified atom stereocenters. The number of nitrogens with one attached hydrogen (secondary N) is 1. The van der Waals surface area contributed by atoms with Crippen molar-refractivity contribution in [3.8, 4) is 0 Å². The van der Waals surface area contributed by atoms with E-state index in [1.807, 2.05) is 18.2 Å². The van der Waals surface area contributed by atoms with Crippen molar-refractivity contribution in [2.75, 3.05) is 5.32 Å².